The van der Waals surface area contributed by atoms with Crippen molar-refractivity contribution >= 4 is 59.4 Å². The molecule has 0 saturated carbocycles. The molecule has 4 rings (SSSR count). The summed E-state index contributed by atoms with van der Waals surface area (Å²) in [5.74, 6) is -0.0629. The van der Waals surface area contributed by atoms with Crippen molar-refractivity contribution in [2.24, 2.45) is 0 Å². The lowest BCUT2D eigenvalue weighted by Gasteiger charge is -2.15. The number of fused-ring (bicyclic) bond motifs is 2. The number of aromatic amines is 2. The lowest BCUT2D eigenvalue weighted by Crippen LogP contribution is -2.14. The standard InChI is InChI=1S/C16H10Br2FN5O2/c1-26-13-9-8(5-2-3-7(19)11-6(5)4-21-24-11)10(20)16(25)22-12(9)14(17)23-15(13)18/h2-4H,20H2,1H3,(H,21,24)(H,22,25). The lowest BCUT2D eigenvalue weighted by atomic mass is 9.97. The molecule has 0 bridgehead atoms. The second-order valence-electron chi connectivity index (χ2n) is 5.47. The third kappa shape index (κ3) is 2.32. The van der Waals surface area contributed by atoms with Crippen molar-refractivity contribution in [1.29, 1.82) is 0 Å². The fourth-order valence-corrected chi connectivity index (χ4v) is 4.23. The summed E-state index contributed by atoms with van der Waals surface area (Å²) in [6.07, 6.45) is 1.48. The van der Waals surface area contributed by atoms with Crippen molar-refractivity contribution in [1.82, 2.24) is 20.2 Å². The second-order valence-corrected chi connectivity index (χ2v) is 6.98. The highest BCUT2D eigenvalue weighted by molar-refractivity contribution is 9.11. The quantitative estimate of drug-likeness (QED) is 0.377. The molecule has 0 radical (unpaired) electrons. The van der Waals surface area contributed by atoms with E-state index >= 15 is 0 Å². The predicted molar refractivity (Wildman–Crippen MR) is 104 cm³/mol. The summed E-state index contributed by atoms with van der Waals surface area (Å²) >= 11 is 6.70. The Bertz CT molecular complexity index is 1250. The van der Waals surface area contributed by atoms with Crippen LogP contribution in [0.1, 0.15) is 0 Å². The van der Waals surface area contributed by atoms with E-state index in [4.69, 9.17) is 10.5 Å². The molecule has 0 amide bonds. The van der Waals surface area contributed by atoms with Crippen molar-refractivity contribution < 1.29 is 9.13 Å². The number of halogens is 3. The number of aromatic nitrogens is 4. The molecule has 7 nitrogen and oxygen atoms in total. The van der Waals surface area contributed by atoms with Crippen LogP contribution in [0.3, 0.4) is 0 Å². The lowest BCUT2D eigenvalue weighted by molar-refractivity contribution is 0.415. The summed E-state index contributed by atoms with van der Waals surface area (Å²) in [5.41, 5.74) is 7.22. The van der Waals surface area contributed by atoms with Crippen LogP contribution in [0.5, 0.6) is 5.75 Å². The minimum Gasteiger partial charge on any atom is -0.493 e. The van der Waals surface area contributed by atoms with E-state index < -0.39 is 11.4 Å². The molecular weight excluding hydrogens is 473 g/mol. The Morgan fingerprint density at radius 3 is 2.73 bits per heavy atom. The smallest absolute Gasteiger partial charge is 0.272 e. The normalized spacial score (nSPS) is 11.4. The number of nitrogens with zero attached hydrogens (tertiary/aromatic N) is 2. The average Bonchev–Trinajstić information content (AvgIpc) is 3.09. The molecule has 0 atom stereocenters. The van der Waals surface area contributed by atoms with Gasteiger partial charge in [-0.3, -0.25) is 9.89 Å². The van der Waals surface area contributed by atoms with Crippen molar-refractivity contribution in [3.63, 3.8) is 0 Å². The SMILES string of the molecule is COc1c(Br)nc(Br)c2[nH]c(=O)c(N)c(-c3ccc(F)c4[nH]ncc34)c12. The highest BCUT2D eigenvalue weighted by atomic mass is 79.9. The zero-order valence-corrected chi connectivity index (χ0v) is 16.3. The van der Waals surface area contributed by atoms with Crippen LogP contribution < -0.4 is 16.0 Å². The second kappa shape index (κ2) is 6.06. The first-order valence-corrected chi connectivity index (χ1v) is 8.89. The summed E-state index contributed by atoms with van der Waals surface area (Å²) in [6.45, 7) is 0. The van der Waals surface area contributed by atoms with E-state index in [1.165, 1.54) is 19.4 Å². The minimum atomic E-state index is -0.486. The number of hydrogen-bond donors (Lipinski definition) is 3. The number of H-pyrrole nitrogens is 2. The van der Waals surface area contributed by atoms with Gasteiger partial charge < -0.3 is 15.5 Å². The molecule has 26 heavy (non-hydrogen) atoms. The molecule has 0 fully saturated rings. The van der Waals surface area contributed by atoms with Crippen LogP contribution in [0, 0.1) is 5.82 Å². The fraction of sp³-hybridized carbons (Fsp3) is 0.0625. The van der Waals surface area contributed by atoms with Gasteiger partial charge in [0, 0.05) is 10.9 Å². The van der Waals surface area contributed by atoms with Crippen LogP contribution in [0.15, 0.2) is 32.3 Å². The maximum Gasteiger partial charge on any atom is 0.272 e. The number of anilines is 1. The Labute approximate surface area is 162 Å². The molecule has 132 valence electrons. The van der Waals surface area contributed by atoms with E-state index in [0.717, 1.165) is 0 Å². The molecular formula is C16H10Br2FN5O2. The number of nitrogens with two attached hydrogens (primary N) is 1. The topological polar surface area (TPSA) is 110 Å². The molecule has 1 aromatic carbocycles. The Morgan fingerprint density at radius 2 is 2.00 bits per heavy atom. The van der Waals surface area contributed by atoms with Crippen molar-refractivity contribution in [3.05, 3.63) is 43.7 Å². The molecule has 0 saturated heterocycles. The van der Waals surface area contributed by atoms with Crippen molar-refractivity contribution in [2.75, 3.05) is 12.8 Å². The first-order valence-electron chi connectivity index (χ1n) is 7.30. The van der Waals surface area contributed by atoms with Gasteiger partial charge in [-0.15, -0.1) is 0 Å². The van der Waals surface area contributed by atoms with E-state index in [-0.39, 0.29) is 11.2 Å². The Hall–Kier alpha value is -2.46. The zero-order valence-electron chi connectivity index (χ0n) is 13.2. The van der Waals surface area contributed by atoms with Crippen LogP contribution in [-0.4, -0.2) is 27.3 Å². The number of nitrogen functional groups attached to an aromatic ring is 1. The molecule has 0 aliphatic heterocycles. The third-order valence-electron chi connectivity index (χ3n) is 4.11. The summed E-state index contributed by atoms with van der Waals surface area (Å²) in [4.78, 5) is 19.4. The molecule has 10 heteroatoms. The first kappa shape index (κ1) is 17.0. The fourth-order valence-electron chi connectivity index (χ4n) is 2.98. The van der Waals surface area contributed by atoms with E-state index in [0.29, 0.717) is 42.4 Å². The number of ether oxygens (including phenoxy) is 1. The number of rotatable bonds is 2. The van der Waals surface area contributed by atoms with Gasteiger partial charge in [-0.25, -0.2) is 9.37 Å². The summed E-state index contributed by atoms with van der Waals surface area (Å²) < 4.78 is 20.4. The number of nitrogens with one attached hydrogen (secondary N) is 2. The van der Waals surface area contributed by atoms with Gasteiger partial charge in [-0.2, -0.15) is 5.10 Å². The van der Waals surface area contributed by atoms with Crippen molar-refractivity contribution in [3.8, 4) is 16.9 Å². The van der Waals surface area contributed by atoms with Crippen LogP contribution in [0.2, 0.25) is 0 Å². The molecule has 0 spiro atoms. The molecule has 0 aliphatic rings. The van der Waals surface area contributed by atoms with E-state index in [1.807, 2.05) is 0 Å². The minimum absolute atomic E-state index is 0.0186. The monoisotopic (exact) mass is 481 g/mol. The number of pyridine rings is 2. The van der Waals surface area contributed by atoms with Gasteiger partial charge in [0.25, 0.3) is 5.56 Å². The molecule has 4 aromatic rings. The summed E-state index contributed by atoms with van der Waals surface area (Å²) in [6, 6.07) is 2.85. The van der Waals surface area contributed by atoms with Crippen LogP contribution in [-0.2, 0) is 0 Å². The molecule has 0 unspecified atom stereocenters. The molecule has 0 aliphatic carbocycles. The van der Waals surface area contributed by atoms with Crippen LogP contribution in [0.4, 0.5) is 10.1 Å². The molecule has 3 heterocycles. The van der Waals surface area contributed by atoms with Gasteiger partial charge in [0.15, 0.2) is 5.75 Å². The van der Waals surface area contributed by atoms with E-state index in [2.05, 4.69) is 52.0 Å². The number of benzene rings is 1. The van der Waals surface area contributed by atoms with Crippen molar-refractivity contribution in [2.45, 2.75) is 0 Å². The maximum atomic E-state index is 14.1. The maximum absolute atomic E-state index is 14.1. The zero-order chi connectivity index (χ0) is 18.6. The van der Waals surface area contributed by atoms with Gasteiger partial charge in [-0.05, 0) is 43.5 Å². The average molecular weight is 483 g/mol. The van der Waals surface area contributed by atoms with E-state index in [9.17, 15) is 9.18 Å². The third-order valence-corrected chi connectivity index (χ3v) is 5.22. The summed E-state index contributed by atoms with van der Waals surface area (Å²) in [7, 11) is 1.48. The Kier molecular flexibility index (Phi) is 3.96. The Morgan fingerprint density at radius 1 is 1.23 bits per heavy atom. The first-order chi connectivity index (χ1) is 12.4. The summed E-state index contributed by atoms with van der Waals surface area (Å²) in [5, 5.41) is 7.55. The highest BCUT2D eigenvalue weighted by Gasteiger charge is 2.23. The number of hydrogen-bond acceptors (Lipinski definition) is 5. The van der Waals surface area contributed by atoms with Crippen LogP contribution in [0.25, 0.3) is 32.9 Å². The van der Waals surface area contributed by atoms with Gasteiger partial charge in [-0.1, -0.05) is 6.07 Å². The molecule has 4 N–H and O–H groups in total. The largest absolute Gasteiger partial charge is 0.493 e. The Balaban J connectivity index is 2.29. The predicted octanol–water partition coefficient (Wildman–Crippen LogP) is 3.72. The van der Waals surface area contributed by atoms with Gasteiger partial charge in [0.05, 0.1) is 24.2 Å². The van der Waals surface area contributed by atoms with Gasteiger partial charge >= 0.3 is 0 Å². The van der Waals surface area contributed by atoms with Gasteiger partial charge in [0.1, 0.15) is 26.2 Å². The number of methoxy groups -OCH3 is 1. The van der Waals surface area contributed by atoms with E-state index in [1.54, 1.807) is 6.07 Å². The molecule has 3 aromatic heterocycles. The van der Waals surface area contributed by atoms with Crippen LogP contribution >= 0.6 is 31.9 Å². The van der Waals surface area contributed by atoms with Gasteiger partial charge in [0.2, 0.25) is 0 Å². The highest BCUT2D eigenvalue weighted by Crippen LogP contribution is 2.43.